The highest BCUT2D eigenvalue weighted by Crippen LogP contribution is 2.64. The summed E-state index contributed by atoms with van der Waals surface area (Å²) >= 11 is 0. The van der Waals surface area contributed by atoms with E-state index in [1.54, 1.807) is 6.07 Å². The monoisotopic (exact) mass is 204 g/mol. The summed E-state index contributed by atoms with van der Waals surface area (Å²) in [5, 5.41) is 0. The van der Waals surface area contributed by atoms with E-state index in [2.05, 4.69) is 19.9 Å². The Labute approximate surface area is 90.5 Å². The second-order valence-corrected chi connectivity index (χ2v) is 5.74. The van der Waals surface area contributed by atoms with Gasteiger partial charge in [-0.1, -0.05) is 26.0 Å². The van der Waals surface area contributed by atoms with E-state index in [1.165, 1.54) is 24.8 Å². The number of rotatable bonds is 0. The highest BCUT2D eigenvalue weighted by molar-refractivity contribution is 5.44. The van der Waals surface area contributed by atoms with E-state index < -0.39 is 0 Å². The molecule has 80 valence electrons. The molecule has 1 aromatic carbocycles. The van der Waals surface area contributed by atoms with E-state index >= 15 is 0 Å². The molecule has 1 heteroatoms. The minimum absolute atomic E-state index is 0.0257. The molecule has 15 heavy (non-hydrogen) atoms. The molecule has 0 amide bonds. The van der Waals surface area contributed by atoms with Crippen LogP contribution >= 0.6 is 0 Å². The van der Waals surface area contributed by atoms with Crippen LogP contribution in [0.1, 0.15) is 44.2 Å². The summed E-state index contributed by atoms with van der Waals surface area (Å²) in [4.78, 5) is 0. The van der Waals surface area contributed by atoms with Crippen molar-refractivity contribution in [2.75, 3.05) is 0 Å². The van der Waals surface area contributed by atoms with Crippen molar-refractivity contribution in [2.45, 2.75) is 44.9 Å². The first-order chi connectivity index (χ1) is 7.07. The molecule has 0 aromatic heterocycles. The summed E-state index contributed by atoms with van der Waals surface area (Å²) in [6, 6.07) is 5.58. The fourth-order valence-corrected chi connectivity index (χ4v) is 3.39. The molecule has 3 rings (SSSR count). The summed E-state index contributed by atoms with van der Waals surface area (Å²) in [6.07, 6.45) is 4.59. The lowest BCUT2D eigenvalue weighted by Crippen LogP contribution is -2.35. The van der Waals surface area contributed by atoms with E-state index in [-0.39, 0.29) is 16.6 Å². The molecule has 0 nitrogen and oxygen atoms in total. The van der Waals surface area contributed by atoms with Gasteiger partial charge in [-0.2, -0.15) is 0 Å². The minimum Gasteiger partial charge on any atom is -0.207 e. The predicted octanol–water partition coefficient (Wildman–Crippen LogP) is 3.83. The van der Waals surface area contributed by atoms with Gasteiger partial charge in [0.25, 0.3) is 0 Å². The van der Waals surface area contributed by atoms with Gasteiger partial charge in [0.15, 0.2) is 0 Å². The summed E-state index contributed by atoms with van der Waals surface area (Å²) in [6.45, 7) is 4.60. The molecule has 1 spiro atoms. The van der Waals surface area contributed by atoms with Crippen LogP contribution in [-0.2, 0) is 11.8 Å². The van der Waals surface area contributed by atoms with Gasteiger partial charge in [0, 0.05) is 5.41 Å². The van der Waals surface area contributed by atoms with Gasteiger partial charge in [-0.3, -0.25) is 0 Å². The average molecular weight is 204 g/mol. The molecule has 0 heterocycles. The Bertz CT molecular complexity index is 413. The fourth-order valence-electron chi connectivity index (χ4n) is 3.39. The van der Waals surface area contributed by atoms with Crippen molar-refractivity contribution in [3.05, 3.63) is 35.1 Å². The third-order valence-corrected chi connectivity index (χ3v) is 4.64. The number of hydrogen-bond donors (Lipinski definition) is 0. The van der Waals surface area contributed by atoms with Gasteiger partial charge in [-0.25, -0.2) is 4.39 Å². The normalized spacial score (nSPS) is 25.0. The molecule has 0 bridgehead atoms. The third-order valence-electron chi connectivity index (χ3n) is 4.64. The second-order valence-electron chi connectivity index (χ2n) is 5.74. The van der Waals surface area contributed by atoms with Crippen molar-refractivity contribution >= 4 is 0 Å². The zero-order valence-corrected chi connectivity index (χ0v) is 9.44. The zero-order chi connectivity index (χ0) is 10.7. The molecule has 1 fully saturated rings. The van der Waals surface area contributed by atoms with Crippen molar-refractivity contribution in [3.63, 3.8) is 0 Å². The second kappa shape index (κ2) is 2.63. The number of halogens is 1. The maximum atomic E-state index is 14.0. The Morgan fingerprint density at radius 2 is 1.87 bits per heavy atom. The molecule has 0 N–H and O–H groups in total. The topological polar surface area (TPSA) is 0 Å². The molecule has 1 aromatic rings. The number of aryl methyl sites for hydroxylation is 1. The first kappa shape index (κ1) is 9.38. The van der Waals surface area contributed by atoms with Crippen LogP contribution in [0.3, 0.4) is 0 Å². The average Bonchev–Trinajstić information content (AvgIpc) is 2.94. The summed E-state index contributed by atoms with van der Waals surface area (Å²) in [7, 11) is 0. The Balaban J connectivity index is 2.23. The molecule has 1 saturated carbocycles. The van der Waals surface area contributed by atoms with Gasteiger partial charge in [0.1, 0.15) is 5.82 Å². The molecule has 0 unspecified atom stereocenters. The fraction of sp³-hybridized carbons (Fsp3) is 0.571. The van der Waals surface area contributed by atoms with Crippen LogP contribution in [0.25, 0.3) is 0 Å². The Kier molecular flexibility index (Phi) is 1.65. The Morgan fingerprint density at radius 1 is 1.13 bits per heavy atom. The molecule has 2 aliphatic rings. The standard InChI is InChI=1S/C14H17F/c1-13(2)7-6-10-4-3-5-11(15)12(10)14(13)8-9-14/h3-5H,6-9H2,1-2H3. The van der Waals surface area contributed by atoms with Gasteiger partial charge in [0.05, 0.1) is 0 Å². The van der Waals surface area contributed by atoms with Crippen LogP contribution in [-0.4, -0.2) is 0 Å². The molecule has 0 aliphatic heterocycles. The van der Waals surface area contributed by atoms with E-state index in [4.69, 9.17) is 0 Å². The lowest BCUT2D eigenvalue weighted by molar-refractivity contribution is 0.218. The van der Waals surface area contributed by atoms with Crippen molar-refractivity contribution in [1.82, 2.24) is 0 Å². The Hall–Kier alpha value is -0.850. The van der Waals surface area contributed by atoms with E-state index in [9.17, 15) is 4.39 Å². The first-order valence-corrected chi connectivity index (χ1v) is 5.85. The van der Waals surface area contributed by atoms with Gasteiger partial charge in [-0.05, 0) is 48.3 Å². The van der Waals surface area contributed by atoms with Crippen LogP contribution in [0.4, 0.5) is 4.39 Å². The lowest BCUT2D eigenvalue weighted by Gasteiger charge is -2.41. The van der Waals surface area contributed by atoms with Crippen molar-refractivity contribution in [1.29, 1.82) is 0 Å². The molecular formula is C14H17F. The van der Waals surface area contributed by atoms with Gasteiger partial charge >= 0.3 is 0 Å². The zero-order valence-electron chi connectivity index (χ0n) is 9.44. The smallest absolute Gasteiger partial charge is 0.127 e. The highest BCUT2D eigenvalue weighted by atomic mass is 19.1. The molecule has 0 radical (unpaired) electrons. The van der Waals surface area contributed by atoms with Crippen molar-refractivity contribution < 1.29 is 4.39 Å². The van der Waals surface area contributed by atoms with Crippen LogP contribution in [0, 0.1) is 11.2 Å². The summed E-state index contributed by atoms with van der Waals surface area (Å²) in [5.74, 6) is 0.0257. The van der Waals surface area contributed by atoms with Crippen LogP contribution in [0.5, 0.6) is 0 Å². The highest BCUT2D eigenvalue weighted by Gasteiger charge is 2.58. The first-order valence-electron chi connectivity index (χ1n) is 5.85. The summed E-state index contributed by atoms with van der Waals surface area (Å²) < 4.78 is 14.0. The number of hydrogen-bond acceptors (Lipinski definition) is 0. The molecule has 2 aliphatic carbocycles. The lowest BCUT2D eigenvalue weighted by atomic mass is 9.63. The van der Waals surface area contributed by atoms with Gasteiger partial charge < -0.3 is 0 Å². The SMILES string of the molecule is CC1(C)CCc2cccc(F)c2C12CC2. The van der Waals surface area contributed by atoms with E-state index in [0.717, 1.165) is 12.0 Å². The third kappa shape index (κ3) is 1.07. The maximum absolute atomic E-state index is 14.0. The van der Waals surface area contributed by atoms with Crippen LogP contribution in [0.15, 0.2) is 18.2 Å². The molecule has 0 atom stereocenters. The maximum Gasteiger partial charge on any atom is 0.127 e. The van der Waals surface area contributed by atoms with Crippen molar-refractivity contribution in [3.8, 4) is 0 Å². The van der Waals surface area contributed by atoms with Gasteiger partial charge in [-0.15, -0.1) is 0 Å². The Morgan fingerprint density at radius 3 is 2.53 bits per heavy atom. The largest absolute Gasteiger partial charge is 0.207 e. The number of benzene rings is 1. The van der Waals surface area contributed by atoms with Crippen LogP contribution < -0.4 is 0 Å². The minimum atomic E-state index is 0.0257. The number of fused-ring (bicyclic) bond motifs is 2. The van der Waals surface area contributed by atoms with Gasteiger partial charge in [0.2, 0.25) is 0 Å². The summed E-state index contributed by atoms with van der Waals surface area (Å²) in [5.41, 5.74) is 2.75. The quantitative estimate of drug-likeness (QED) is 0.602. The van der Waals surface area contributed by atoms with Crippen molar-refractivity contribution in [2.24, 2.45) is 5.41 Å². The van der Waals surface area contributed by atoms with Crippen LogP contribution in [0.2, 0.25) is 0 Å². The predicted molar refractivity (Wildman–Crippen MR) is 59.4 cm³/mol. The molecule has 0 saturated heterocycles. The van der Waals surface area contributed by atoms with E-state index in [0.29, 0.717) is 0 Å². The molecular weight excluding hydrogens is 187 g/mol. The van der Waals surface area contributed by atoms with E-state index in [1.807, 2.05) is 6.07 Å².